The molecule has 0 unspecified atom stereocenters. The van der Waals surface area contributed by atoms with Crippen molar-refractivity contribution in [2.45, 2.75) is 0 Å². The van der Waals surface area contributed by atoms with Crippen LogP contribution in [0.1, 0.15) is 10.4 Å². The van der Waals surface area contributed by atoms with Crippen LogP contribution in [0.5, 0.6) is 0 Å². The van der Waals surface area contributed by atoms with Gasteiger partial charge in [-0.25, -0.2) is 4.98 Å². The van der Waals surface area contributed by atoms with Gasteiger partial charge in [-0.2, -0.15) is 0 Å². The van der Waals surface area contributed by atoms with E-state index in [-0.39, 0.29) is 30.7 Å². The number of nitrogens with one attached hydrogen (secondary N) is 1. The summed E-state index contributed by atoms with van der Waals surface area (Å²) >= 11 is 6.26. The van der Waals surface area contributed by atoms with Gasteiger partial charge in [0.05, 0.1) is 27.3 Å². The van der Waals surface area contributed by atoms with Crippen LogP contribution < -0.4 is 11.1 Å². The topological polar surface area (TPSA) is 71.2 Å². The molecule has 1 aromatic heterocycles. The molecule has 0 aliphatic rings. The second-order valence-corrected chi connectivity index (χ2v) is 6.33. The number of benzene rings is 2. The van der Waals surface area contributed by atoms with E-state index < -0.39 is 0 Å². The van der Waals surface area contributed by atoms with Gasteiger partial charge in [-0.1, -0.05) is 35.9 Å². The number of hydrogen-bond acceptors (Lipinski definition) is 4. The summed E-state index contributed by atoms with van der Waals surface area (Å²) in [6, 6.07) is 10.9. The number of hydrogen-bond donors (Lipinski definition) is 2. The number of nitrogens with zero attached hydrogens (tertiary/aromatic N) is 2. The molecule has 1 heterocycles. The number of amides is 1. The molecule has 26 heavy (non-hydrogen) atoms. The van der Waals surface area contributed by atoms with Crippen molar-refractivity contribution in [3.05, 3.63) is 47.0 Å². The summed E-state index contributed by atoms with van der Waals surface area (Å²) in [5.74, 6) is -0.166. The average molecular weight is 416 g/mol. The summed E-state index contributed by atoms with van der Waals surface area (Å²) in [5.41, 5.74) is 8.56. The molecular weight excluding hydrogens is 395 g/mol. The van der Waals surface area contributed by atoms with E-state index in [4.69, 9.17) is 17.3 Å². The van der Waals surface area contributed by atoms with Gasteiger partial charge in [0.15, 0.2) is 0 Å². The number of rotatable bonds is 4. The number of pyridine rings is 1. The van der Waals surface area contributed by atoms with Crippen molar-refractivity contribution in [2.75, 3.05) is 32.9 Å². The number of nitrogens with two attached hydrogens (primary N) is 1. The second-order valence-electron chi connectivity index (χ2n) is 5.92. The first-order valence-corrected chi connectivity index (χ1v) is 8.06. The van der Waals surface area contributed by atoms with Crippen LogP contribution in [0.3, 0.4) is 0 Å². The average Bonchev–Trinajstić information content (AvgIpc) is 2.55. The largest absolute Gasteiger partial charge is 0.398 e. The summed E-state index contributed by atoms with van der Waals surface area (Å²) in [6.07, 6.45) is 0. The Labute approximate surface area is 169 Å². The van der Waals surface area contributed by atoms with E-state index in [0.717, 1.165) is 17.3 Å². The zero-order chi connectivity index (χ0) is 17.3. The lowest BCUT2D eigenvalue weighted by atomic mass is 10.0. The highest BCUT2D eigenvalue weighted by molar-refractivity contribution is 6.36. The number of carbonyl (C=O) groups excluding carboxylic acids is 1. The zero-order valence-corrected chi connectivity index (χ0v) is 16.8. The minimum atomic E-state index is -0.166. The molecule has 0 saturated heterocycles. The normalized spacial score (nSPS) is 10.5. The molecule has 3 N–H and O–H groups in total. The first-order valence-electron chi connectivity index (χ1n) is 7.68. The summed E-state index contributed by atoms with van der Waals surface area (Å²) in [5, 5.41) is 4.97. The molecule has 0 fully saturated rings. The number of anilines is 1. The van der Waals surface area contributed by atoms with E-state index >= 15 is 0 Å². The zero-order valence-electron chi connectivity index (χ0n) is 14.5. The molecule has 3 rings (SSSR count). The van der Waals surface area contributed by atoms with Crippen molar-refractivity contribution in [2.24, 2.45) is 0 Å². The van der Waals surface area contributed by atoms with Gasteiger partial charge in [-0.3, -0.25) is 4.79 Å². The third-order valence-electron chi connectivity index (χ3n) is 3.92. The minimum Gasteiger partial charge on any atom is -0.398 e. The molecule has 1 amide bonds. The number of aromatic nitrogens is 1. The summed E-state index contributed by atoms with van der Waals surface area (Å²) < 4.78 is 0. The van der Waals surface area contributed by atoms with Crippen molar-refractivity contribution in [3.8, 4) is 0 Å². The predicted octanol–water partition coefficient (Wildman–Crippen LogP) is 3.76. The van der Waals surface area contributed by atoms with E-state index in [9.17, 15) is 4.79 Å². The maximum absolute atomic E-state index is 12.5. The number of carbonyl (C=O) groups is 1. The highest BCUT2D eigenvalue weighted by atomic mass is 35.5. The number of halogens is 3. The lowest BCUT2D eigenvalue weighted by molar-refractivity contribution is 0.0952. The molecule has 0 aliphatic heterocycles. The van der Waals surface area contributed by atoms with Crippen LogP contribution in [0.2, 0.25) is 5.02 Å². The Morgan fingerprint density at radius 1 is 1.12 bits per heavy atom. The van der Waals surface area contributed by atoms with Crippen molar-refractivity contribution in [3.63, 3.8) is 0 Å². The molecule has 0 bridgehead atoms. The van der Waals surface area contributed by atoms with Crippen LogP contribution in [0.25, 0.3) is 21.8 Å². The molecule has 0 spiro atoms. The standard InChI is InChI=1S/C18H19ClN4O.2ClH/c1-23(2)10-9-21-18(24)13-7-3-5-11-15(20)12-6-4-8-14(19)17(12)22-16(11)13;;/h3-8H,9-10H2,1-2H3,(H2,20,22)(H,21,24);2*1H. The van der Waals surface area contributed by atoms with Crippen molar-refractivity contribution < 1.29 is 4.79 Å². The van der Waals surface area contributed by atoms with Crippen LogP contribution in [0.15, 0.2) is 36.4 Å². The fourth-order valence-electron chi connectivity index (χ4n) is 2.66. The second kappa shape index (κ2) is 9.24. The predicted molar refractivity (Wildman–Crippen MR) is 114 cm³/mol. The van der Waals surface area contributed by atoms with E-state index in [2.05, 4.69) is 10.3 Å². The number of nitrogen functional groups attached to an aromatic ring is 1. The lowest BCUT2D eigenvalue weighted by Gasteiger charge is -2.13. The van der Waals surface area contributed by atoms with Gasteiger partial charge in [0.1, 0.15) is 0 Å². The Hall–Kier alpha value is -1.79. The third kappa shape index (κ3) is 4.30. The fraction of sp³-hybridized carbons (Fsp3) is 0.222. The van der Waals surface area contributed by atoms with E-state index in [1.165, 1.54) is 0 Å². The van der Waals surface area contributed by atoms with Gasteiger partial charge in [-0.05, 0) is 26.2 Å². The molecule has 0 atom stereocenters. The summed E-state index contributed by atoms with van der Waals surface area (Å²) in [6.45, 7) is 1.33. The fourth-order valence-corrected chi connectivity index (χ4v) is 2.87. The number of fused-ring (bicyclic) bond motifs is 2. The molecule has 0 radical (unpaired) electrons. The van der Waals surface area contributed by atoms with Gasteiger partial charge in [0, 0.05) is 23.9 Å². The van der Waals surface area contributed by atoms with Crippen molar-refractivity contribution >= 4 is 69.8 Å². The first kappa shape index (κ1) is 22.3. The van der Waals surface area contributed by atoms with Crippen molar-refractivity contribution in [1.29, 1.82) is 0 Å². The van der Waals surface area contributed by atoms with Crippen LogP contribution in [-0.4, -0.2) is 43.0 Å². The molecule has 0 saturated carbocycles. The monoisotopic (exact) mass is 414 g/mol. The highest BCUT2D eigenvalue weighted by Gasteiger charge is 2.15. The first-order chi connectivity index (χ1) is 11.5. The van der Waals surface area contributed by atoms with Gasteiger partial charge in [-0.15, -0.1) is 24.8 Å². The Morgan fingerprint density at radius 3 is 2.38 bits per heavy atom. The van der Waals surface area contributed by atoms with Crippen LogP contribution in [-0.2, 0) is 0 Å². The molecular formula is C18H21Cl3N4O. The number of likely N-dealkylation sites (N-methyl/N-ethyl adjacent to an activating group) is 1. The maximum Gasteiger partial charge on any atom is 0.253 e. The molecule has 3 aromatic rings. The van der Waals surface area contributed by atoms with Gasteiger partial charge in [0.25, 0.3) is 5.91 Å². The van der Waals surface area contributed by atoms with Crippen LogP contribution in [0, 0.1) is 0 Å². The maximum atomic E-state index is 12.5. The highest BCUT2D eigenvalue weighted by Crippen LogP contribution is 2.33. The number of para-hydroxylation sites is 2. The lowest BCUT2D eigenvalue weighted by Crippen LogP contribution is -2.31. The Morgan fingerprint density at radius 2 is 1.73 bits per heavy atom. The smallest absolute Gasteiger partial charge is 0.253 e. The van der Waals surface area contributed by atoms with Crippen molar-refractivity contribution in [1.82, 2.24) is 15.2 Å². The molecule has 2 aromatic carbocycles. The van der Waals surface area contributed by atoms with Gasteiger partial charge >= 0.3 is 0 Å². The minimum absolute atomic E-state index is 0. The Balaban J connectivity index is 0.00000169. The quantitative estimate of drug-likeness (QED) is 0.637. The van der Waals surface area contributed by atoms with Crippen LogP contribution >= 0.6 is 36.4 Å². The van der Waals surface area contributed by atoms with Crippen LogP contribution in [0.4, 0.5) is 5.69 Å². The SMILES string of the molecule is CN(C)CCNC(=O)c1cccc2c(N)c3cccc(Cl)c3nc12.Cl.Cl. The van der Waals surface area contributed by atoms with Gasteiger partial charge < -0.3 is 16.0 Å². The molecule has 8 heteroatoms. The Kier molecular flexibility index (Phi) is 7.90. The summed E-state index contributed by atoms with van der Waals surface area (Å²) in [7, 11) is 3.92. The van der Waals surface area contributed by atoms with E-state index in [1.807, 2.05) is 43.3 Å². The molecule has 140 valence electrons. The van der Waals surface area contributed by atoms with Gasteiger partial charge in [0.2, 0.25) is 0 Å². The van der Waals surface area contributed by atoms with E-state index in [0.29, 0.717) is 33.9 Å². The Bertz CT molecular complexity index is 931. The molecule has 5 nitrogen and oxygen atoms in total. The van der Waals surface area contributed by atoms with E-state index in [1.54, 1.807) is 12.1 Å². The molecule has 0 aliphatic carbocycles. The third-order valence-corrected chi connectivity index (χ3v) is 4.22. The summed E-state index contributed by atoms with van der Waals surface area (Å²) in [4.78, 5) is 19.2.